The van der Waals surface area contributed by atoms with Gasteiger partial charge >= 0.3 is 0 Å². The Balaban J connectivity index is 1.86. The van der Waals surface area contributed by atoms with E-state index in [1.54, 1.807) is 0 Å². The maximum atomic E-state index is 4.36. The van der Waals surface area contributed by atoms with Gasteiger partial charge in [0, 0.05) is 6.54 Å². The van der Waals surface area contributed by atoms with E-state index in [0.29, 0.717) is 5.95 Å². The number of hydrogen-bond donors (Lipinski definition) is 2. The first kappa shape index (κ1) is 11.3. The first-order valence-electron chi connectivity index (χ1n) is 5.88. The second-order valence-electron chi connectivity index (χ2n) is 4.38. The summed E-state index contributed by atoms with van der Waals surface area (Å²) < 4.78 is 0. The Morgan fingerprint density at radius 1 is 1.19 bits per heavy atom. The van der Waals surface area contributed by atoms with Gasteiger partial charge in [-0.05, 0) is 45.7 Å². The van der Waals surface area contributed by atoms with Gasteiger partial charge in [-0.2, -0.15) is 5.10 Å². The van der Waals surface area contributed by atoms with Crippen molar-refractivity contribution in [1.82, 2.24) is 20.5 Å². The van der Waals surface area contributed by atoms with E-state index in [2.05, 4.69) is 25.8 Å². The van der Waals surface area contributed by atoms with Crippen LogP contribution < -0.4 is 10.6 Å². The van der Waals surface area contributed by atoms with Crippen LogP contribution in [0.25, 0.3) is 0 Å². The van der Waals surface area contributed by atoms with Gasteiger partial charge in [-0.25, -0.2) is 4.98 Å². The number of anilines is 1. The first-order chi connectivity index (χ1) is 7.75. The summed E-state index contributed by atoms with van der Waals surface area (Å²) in [6.07, 6.45) is 2.45. The Morgan fingerprint density at radius 2 is 1.94 bits per heavy atom. The summed E-state index contributed by atoms with van der Waals surface area (Å²) in [5.41, 5.74) is 1.84. The molecule has 1 fully saturated rings. The van der Waals surface area contributed by atoms with Gasteiger partial charge < -0.3 is 10.6 Å². The van der Waals surface area contributed by atoms with Gasteiger partial charge in [0.25, 0.3) is 0 Å². The summed E-state index contributed by atoms with van der Waals surface area (Å²) >= 11 is 0. The highest BCUT2D eigenvalue weighted by Gasteiger charge is 2.13. The Labute approximate surface area is 96.1 Å². The SMILES string of the molecule is Cc1nnc(NCC2CCNCC2)nc1C. The summed E-state index contributed by atoms with van der Waals surface area (Å²) in [6, 6.07) is 0. The smallest absolute Gasteiger partial charge is 0.242 e. The molecule has 2 rings (SSSR count). The molecule has 1 aromatic rings. The van der Waals surface area contributed by atoms with Crippen molar-refractivity contribution >= 4 is 5.95 Å². The van der Waals surface area contributed by atoms with E-state index in [-0.39, 0.29) is 0 Å². The Kier molecular flexibility index (Phi) is 3.66. The van der Waals surface area contributed by atoms with Crippen LogP contribution in [0.1, 0.15) is 24.2 Å². The monoisotopic (exact) mass is 221 g/mol. The van der Waals surface area contributed by atoms with Gasteiger partial charge in [0.15, 0.2) is 0 Å². The lowest BCUT2D eigenvalue weighted by Crippen LogP contribution is -2.31. The molecule has 1 saturated heterocycles. The number of hydrogen-bond acceptors (Lipinski definition) is 5. The molecule has 88 valence electrons. The second kappa shape index (κ2) is 5.21. The number of piperidine rings is 1. The predicted octanol–water partition coefficient (Wildman–Crippen LogP) is 0.900. The minimum absolute atomic E-state index is 0.654. The van der Waals surface area contributed by atoms with Crippen molar-refractivity contribution in [2.24, 2.45) is 5.92 Å². The summed E-state index contributed by atoms with van der Waals surface area (Å²) in [5.74, 6) is 1.38. The van der Waals surface area contributed by atoms with Gasteiger partial charge in [0.2, 0.25) is 5.95 Å². The maximum absolute atomic E-state index is 4.36. The van der Waals surface area contributed by atoms with Crippen LogP contribution >= 0.6 is 0 Å². The normalized spacial score (nSPS) is 17.4. The fourth-order valence-corrected chi connectivity index (χ4v) is 1.85. The fourth-order valence-electron chi connectivity index (χ4n) is 1.85. The van der Waals surface area contributed by atoms with Crippen LogP contribution in [0.4, 0.5) is 5.95 Å². The third kappa shape index (κ3) is 2.88. The quantitative estimate of drug-likeness (QED) is 0.794. The molecular formula is C11H19N5. The molecule has 2 N–H and O–H groups in total. The van der Waals surface area contributed by atoms with Crippen LogP contribution in [0, 0.1) is 19.8 Å². The minimum atomic E-state index is 0.654. The average Bonchev–Trinajstić information content (AvgIpc) is 2.32. The molecule has 0 atom stereocenters. The van der Waals surface area contributed by atoms with E-state index in [9.17, 15) is 0 Å². The predicted molar refractivity (Wildman–Crippen MR) is 63.4 cm³/mol. The van der Waals surface area contributed by atoms with Crippen molar-refractivity contribution in [3.05, 3.63) is 11.4 Å². The highest BCUT2D eigenvalue weighted by molar-refractivity contribution is 5.24. The number of aryl methyl sites for hydroxylation is 2. The number of nitrogens with zero attached hydrogens (tertiary/aromatic N) is 3. The van der Waals surface area contributed by atoms with Gasteiger partial charge in [0.1, 0.15) is 0 Å². The molecule has 5 heteroatoms. The maximum Gasteiger partial charge on any atom is 0.242 e. The van der Waals surface area contributed by atoms with Crippen molar-refractivity contribution < 1.29 is 0 Å². The molecular weight excluding hydrogens is 202 g/mol. The molecule has 0 aliphatic carbocycles. The largest absolute Gasteiger partial charge is 0.353 e. The lowest BCUT2D eigenvalue weighted by Gasteiger charge is -2.22. The van der Waals surface area contributed by atoms with E-state index >= 15 is 0 Å². The molecule has 0 spiro atoms. The van der Waals surface area contributed by atoms with Crippen molar-refractivity contribution in [3.63, 3.8) is 0 Å². The third-order valence-corrected chi connectivity index (χ3v) is 3.10. The Bertz CT molecular complexity index is 346. The zero-order valence-electron chi connectivity index (χ0n) is 9.95. The summed E-state index contributed by atoms with van der Waals surface area (Å²) in [7, 11) is 0. The van der Waals surface area contributed by atoms with Crippen LogP contribution in [0.2, 0.25) is 0 Å². The summed E-state index contributed by atoms with van der Waals surface area (Å²) in [4.78, 5) is 4.36. The third-order valence-electron chi connectivity index (χ3n) is 3.10. The molecule has 1 aliphatic rings. The Morgan fingerprint density at radius 3 is 2.62 bits per heavy atom. The lowest BCUT2D eigenvalue weighted by molar-refractivity contribution is 0.389. The van der Waals surface area contributed by atoms with Crippen molar-refractivity contribution in [2.45, 2.75) is 26.7 Å². The van der Waals surface area contributed by atoms with Gasteiger partial charge in [-0.15, -0.1) is 5.10 Å². The summed E-state index contributed by atoms with van der Waals surface area (Å²) in [6.45, 7) is 7.08. The molecule has 1 aromatic heterocycles. The molecule has 0 amide bonds. The van der Waals surface area contributed by atoms with E-state index in [4.69, 9.17) is 0 Å². The highest BCUT2D eigenvalue weighted by Crippen LogP contribution is 2.12. The molecule has 2 heterocycles. The van der Waals surface area contributed by atoms with Crippen LogP contribution in [-0.4, -0.2) is 34.8 Å². The lowest BCUT2D eigenvalue weighted by atomic mass is 9.98. The molecule has 5 nitrogen and oxygen atoms in total. The van der Waals surface area contributed by atoms with Crippen LogP contribution in [-0.2, 0) is 0 Å². The van der Waals surface area contributed by atoms with Crippen LogP contribution in [0.3, 0.4) is 0 Å². The van der Waals surface area contributed by atoms with Gasteiger partial charge in [0.05, 0.1) is 11.4 Å². The van der Waals surface area contributed by atoms with Crippen molar-refractivity contribution in [1.29, 1.82) is 0 Å². The molecule has 0 aromatic carbocycles. The Hall–Kier alpha value is -1.23. The summed E-state index contributed by atoms with van der Waals surface area (Å²) in [5, 5.41) is 14.7. The zero-order chi connectivity index (χ0) is 11.4. The van der Waals surface area contributed by atoms with Gasteiger partial charge in [-0.1, -0.05) is 0 Å². The molecule has 0 radical (unpaired) electrons. The zero-order valence-corrected chi connectivity index (χ0v) is 9.95. The topological polar surface area (TPSA) is 62.7 Å². The second-order valence-corrected chi connectivity index (χ2v) is 4.38. The van der Waals surface area contributed by atoms with E-state index in [1.807, 2.05) is 13.8 Å². The fraction of sp³-hybridized carbons (Fsp3) is 0.727. The highest BCUT2D eigenvalue weighted by atomic mass is 15.2. The molecule has 0 saturated carbocycles. The van der Waals surface area contributed by atoms with E-state index in [1.165, 1.54) is 12.8 Å². The minimum Gasteiger partial charge on any atom is -0.353 e. The first-order valence-corrected chi connectivity index (χ1v) is 5.88. The molecule has 0 unspecified atom stereocenters. The van der Waals surface area contributed by atoms with Crippen molar-refractivity contribution in [3.8, 4) is 0 Å². The molecule has 16 heavy (non-hydrogen) atoms. The van der Waals surface area contributed by atoms with Gasteiger partial charge in [-0.3, -0.25) is 0 Å². The number of nitrogens with one attached hydrogen (secondary N) is 2. The van der Waals surface area contributed by atoms with Crippen molar-refractivity contribution in [2.75, 3.05) is 25.0 Å². The van der Waals surface area contributed by atoms with E-state index in [0.717, 1.165) is 36.9 Å². The standard InChI is InChI=1S/C11H19N5/c1-8-9(2)15-16-11(14-8)13-7-10-3-5-12-6-4-10/h10,12H,3-7H2,1-2H3,(H,13,14,16). The molecule has 1 aliphatic heterocycles. The van der Waals surface area contributed by atoms with E-state index < -0.39 is 0 Å². The average molecular weight is 221 g/mol. The van der Waals surface area contributed by atoms with Crippen LogP contribution in [0.5, 0.6) is 0 Å². The molecule has 0 bridgehead atoms. The number of rotatable bonds is 3. The van der Waals surface area contributed by atoms with Crippen LogP contribution in [0.15, 0.2) is 0 Å². The number of aromatic nitrogens is 3.